The van der Waals surface area contributed by atoms with Gasteiger partial charge in [-0.2, -0.15) is 0 Å². The quantitative estimate of drug-likeness (QED) is 0.733. The van der Waals surface area contributed by atoms with Crippen LogP contribution in [0.2, 0.25) is 0 Å². The summed E-state index contributed by atoms with van der Waals surface area (Å²) < 4.78 is 0. The lowest BCUT2D eigenvalue weighted by Crippen LogP contribution is -2.24. The van der Waals surface area contributed by atoms with Crippen LogP contribution >= 0.6 is 0 Å². The number of carbonyl (C=O) groups excluding carboxylic acids is 1. The first-order valence-electron chi connectivity index (χ1n) is 6.12. The number of Topliss-reactive ketones (excluding diaryl/α,β-unsaturated/α-hetero) is 1. The molecule has 16 heavy (non-hydrogen) atoms. The molecule has 1 saturated carbocycles. The molecule has 1 heterocycles. The number of carbonyl (C=O) groups is 1. The highest BCUT2D eigenvalue weighted by atomic mass is 16.1. The van der Waals surface area contributed by atoms with Gasteiger partial charge in [-0.15, -0.1) is 0 Å². The highest BCUT2D eigenvalue weighted by Crippen LogP contribution is 2.32. The van der Waals surface area contributed by atoms with Crippen LogP contribution in [0.25, 0.3) is 0 Å². The molecule has 0 aromatic carbocycles. The molecule has 3 nitrogen and oxygen atoms in total. The zero-order valence-corrected chi connectivity index (χ0v) is 9.72. The Morgan fingerprint density at radius 1 is 1.38 bits per heavy atom. The molecule has 0 N–H and O–H groups in total. The molecular weight excluding hydrogens is 200 g/mol. The molecule has 1 aromatic heterocycles. The molecule has 1 aromatic rings. The van der Waals surface area contributed by atoms with Gasteiger partial charge in [-0.1, -0.05) is 26.2 Å². The zero-order chi connectivity index (χ0) is 11.4. The monoisotopic (exact) mass is 218 g/mol. The minimum absolute atomic E-state index is 0.138. The van der Waals surface area contributed by atoms with Gasteiger partial charge in [0, 0.05) is 18.3 Å². The SMILES string of the molecule is CCC1CCCC(C(=O)c2ncccn2)C1. The van der Waals surface area contributed by atoms with Gasteiger partial charge in [0.2, 0.25) is 5.78 Å². The maximum absolute atomic E-state index is 12.1. The summed E-state index contributed by atoms with van der Waals surface area (Å²) in [4.78, 5) is 20.2. The number of rotatable bonds is 3. The third kappa shape index (κ3) is 2.46. The molecule has 1 fully saturated rings. The Kier molecular flexibility index (Phi) is 3.65. The molecule has 2 atom stereocenters. The van der Waals surface area contributed by atoms with Crippen molar-refractivity contribution in [2.45, 2.75) is 39.0 Å². The summed E-state index contributed by atoms with van der Waals surface area (Å²) in [6.07, 6.45) is 8.93. The summed E-state index contributed by atoms with van der Waals surface area (Å²) >= 11 is 0. The Hall–Kier alpha value is -1.25. The van der Waals surface area contributed by atoms with E-state index in [1.807, 2.05) is 0 Å². The van der Waals surface area contributed by atoms with Crippen LogP contribution in [0, 0.1) is 11.8 Å². The molecular formula is C13H18N2O. The van der Waals surface area contributed by atoms with Crippen molar-refractivity contribution in [2.75, 3.05) is 0 Å². The molecule has 1 aliphatic carbocycles. The van der Waals surface area contributed by atoms with Crippen LogP contribution in [-0.4, -0.2) is 15.8 Å². The molecule has 0 spiro atoms. The summed E-state index contributed by atoms with van der Waals surface area (Å²) in [5.41, 5.74) is 0. The molecule has 0 bridgehead atoms. The Morgan fingerprint density at radius 3 is 2.81 bits per heavy atom. The Balaban J connectivity index is 2.05. The van der Waals surface area contributed by atoms with Crippen LogP contribution in [-0.2, 0) is 0 Å². The second kappa shape index (κ2) is 5.19. The van der Waals surface area contributed by atoms with Gasteiger partial charge in [-0.3, -0.25) is 4.79 Å². The minimum atomic E-state index is 0.138. The molecule has 1 aliphatic rings. The van der Waals surface area contributed by atoms with E-state index >= 15 is 0 Å². The number of nitrogens with zero attached hydrogens (tertiary/aromatic N) is 2. The van der Waals surface area contributed by atoms with E-state index in [2.05, 4.69) is 16.9 Å². The van der Waals surface area contributed by atoms with E-state index in [9.17, 15) is 4.79 Å². The van der Waals surface area contributed by atoms with Crippen molar-refractivity contribution >= 4 is 5.78 Å². The van der Waals surface area contributed by atoms with Crippen LogP contribution in [0.15, 0.2) is 18.5 Å². The first-order valence-corrected chi connectivity index (χ1v) is 6.12. The largest absolute Gasteiger partial charge is 0.290 e. The maximum atomic E-state index is 12.1. The van der Waals surface area contributed by atoms with E-state index in [0.717, 1.165) is 12.8 Å². The molecule has 0 aliphatic heterocycles. The molecule has 0 saturated heterocycles. The smallest absolute Gasteiger partial charge is 0.203 e. The third-order valence-corrected chi connectivity index (χ3v) is 3.52. The molecule has 0 amide bonds. The number of ketones is 1. The van der Waals surface area contributed by atoms with Gasteiger partial charge in [-0.05, 0) is 24.8 Å². The summed E-state index contributed by atoms with van der Waals surface area (Å²) in [6.45, 7) is 2.20. The van der Waals surface area contributed by atoms with E-state index in [1.165, 1.54) is 19.3 Å². The van der Waals surface area contributed by atoms with Crippen molar-refractivity contribution in [2.24, 2.45) is 11.8 Å². The molecule has 2 unspecified atom stereocenters. The maximum Gasteiger partial charge on any atom is 0.203 e. The molecule has 2 rings (SSSR count). The van der Waals surface area contributed by atoms with Gasteiger partial charge in [0.05, 0.1) is 0 Å². The second-order valence-corrected chi connectivity index (χ2v) is 4.57. The predicted octanol–water partition coefficient (Wildman–Crippen LogP) is 2.88. The standard InChI is InChI=1S/C13H18N2O/c1-2-10-5-3-6-11(9-10)12(16)13-14-7-4-8-15-13/h4,7-8,10-11H,2-3,5-6,9H2,1H3. The van der Waals surface area contributed by atoms with Crippen LogP contribution < -0.4 is 0 Å². The van der Waals surface area contributed by atoms with Gasteiger partial charge < -0.3 is 0 Å². The average Bonchev–Trinajstić information content (AvgIpc) is 2.39. The normalized spacial score (nSPS) is 25.3. The van der Waals surface area contributed by atoms with E-state index < -0.39 is 0 Å². The highest BCUT2D eigenvalue weighted by Gasteiger charge is 2.28. The van der Waals surface area contributed by atoms with E-state index in [4.69, 9.17) is 0 Å². The topological polar surface area (TPSA) is 42.9 Å². The van der Waals surface area contributed by atoms with Crippen molar-refractivity contribution < 1.29 is 4.79 Å². The minimum Gasteiger partial charge on any atom is -0.290 e. The number of hydrogen-bond donors (Lipinski definition) is 0. The number of hydrogen-bond acceptors (Lipinski definition) is 3. The fourth-order valence-corrected chi connectivity index (χ4v) is 2.51. The molecule has 86 valence electrons. The van der Waals surface area contributed by atoms with Gasteiger partial charge >= 0.3 is 0 Å². The zero-order valence-electron chi connectivity index (χ0n) is 9.72. The number of aromatic nitrogens is 2. The van der Waals surface area contributed by atoms with Crippen molar-refractivity contribution in [1.82, 2.24) is 9.97 Å². The summed E-state index contributed by atoms with van der Waals surface area (Å²) in [6, 6.07) is 1.74. The lowest BCUT2D eigenvalue weighted by molar-refractivity contribution is 0.0851. The summed E-state index contributed by atoms with van der Waals surface area (Å²) in [5.74, 6) is 1.40. The van der Waals surface area contributed by atoms with Gasteiger partial charge in [0.1, 0.15) is 0 Å². The first-order chi connectivity index (χ1) is 7.81. The molecule has 0 radical (unpaired) electrons. The lowest BCUT2D eigenvalue weighted by atomic mass is 9.78. The molecule has 3 heteroatoms. The van der Waals surface area contributed by atoms with Crippen LogP contribution in [0.4, 0.5) is 0 Å². The fraction of sp³-hybridized carbons (Fsp3) is 0.615. The third-order valence-electron chi connectivity index (χ3n) is 3.52. The van der Waals surface area contributed by atoms with Crippen LogP contribution in [0.1, 0.15) is 49.6 Å². The Morgan fingerprint density at radius 2 is 2.12 bits per heavy atom. The van der Waals surface area contributed by atoms with Crippen molar-refractivity contribution in [1.29, 1.82) is 0 Å². The first kappa shape index (κ1) is 11.2. The van der Waals surface area contributed by atoms with Gasteiger partial charge in [0.25, 0.3) is 0 Å². The second-order valence-electron chi connectivity index (χ2n) is 4.57. The summed E-state index contributed by atoms with van der Waals surface area (Å²) in [5, 5.41) is 0. The van der Waals surface area contributed by atoms with Crippen LogP contribution in [0.3, 0.4) is 0 Å². The van der Waals surface area contributed by atoms with Crippen molar-refractivity contribution in [3.05, 3.63) is 24.3 Å². The average molecular weight is 218 g/mol. The summed E-state index contributed by atoms with van der Waals surface area (Å²) in [7, 11) is 0. The lowest BCUT2D eigenvalue weighted by Gasteiger charge is -2.26. The Bertz CT molecular complexity index is 350. The van der Waals surface area contributed by atoms with E-state index in [0.29, 0.717) is 11.7 Å². The van der Waals surface area contributed by atoms with Crippen molar-refractivity contribution in [3.63, 3.8) is 0 Å². The van der Waals surface area contributed by atoms with Gasteiger partial charge in [0.15, 0.2) is 5.82 Å². The fourth-order valence-electron chi connectivity index (χ4n) is 2.51. The van der Waals surface area contributed by atoms with Crippen molar-refractivity contribution in [3.8, 4) is 0 Å². The van der Waals surface area contributed by atoms with E-state index in [-0.39, 0.29) is 11.7 Å². The highest BCUT2D eigenvalue weighted by molar-refractivity contribution is 5.94. The predicted molar refractivity (Wildman–Crippen MR) is 62.1 cm³/mol. The van der Waals surface area contributed by atoms with E-state index in [1.54, 1.807) is 18.5 Å². The Labute approximate surface area is 96.3 Å². The van der Waals surface area contributed by atoms with Crippen LogP contribution in [0.5, 0.6) is 0 Å². The van der Waals surface area contributed by atoms with Gasteiger partial charge in [-0.25, -0.2) is 9.97 Å².